The molecule has 0 radical (unpaired) electrons. The Bertz CT molecular complexity index is 269. The summed E-state index contributed by atoms with van der Waals surface area (Å²) in [6.45, 7) is 15.0. The Morgan fingerprint density at radius 1 is 0.947 bits per heavy atom. The number of rotatable bonds is 10. The molecule has 0 saturated carbocycles. The average molecular weight is 317 g/mol. The predicted molar refractivity (Wildman–Crippen MR) is 98.7 cm³/mol. The fourth-order valence-corrected chi connectivity index (χ4v) is 14.9. The third kappa shape index (κ3) is 11.8. The minimum atomic E-state index is -1.03. The first-order valence-electron chi connectivity index (χ1n) is 7.93. The Morgan fingerprint density at radius 2 is 1.47 bits per heavy atom. The van der Waals surface area contributed by atoms with Crippen molar-refractivity contribution in [1.29, 1.82) is 0 Å². The predicted octanol–water partition coefficient (Wildman–Crippen LogP) is 4.30. The average Bonchev–Trinajstić information content (AvgIpc) is 2.30. The van der Waals surface area contributed by atoms with E-state index in [9.17, 15) is 0 Å². The summed E-state index contributed by atoms with van der Waals surface area (Å²) in [5, 5.41) is 8.98. The minimum absolute atomic E-state index is 0.0705. The monoisotopic (exact) mass is 316 g/mol. The summed E-state index contributed by atoms with van der Waals surface area (Å²) in [5.41, 5.74) is 4.04. The first-order chi connectivity index (χ1) is 8.68. The van der Waals surface area contributed by atoms with Gasteiger partial charge in [0.2, 0.25) is 0 Å². The molecule has 0 aliphatic carbocycles. The quantitative estimate of drug-likeness (QED) is 0.471. The van der Waals surface area contributed by atoms with Gasteiger partial charge in [0, 0.05) is 32.3 Å². The van der Waals surface area contributed by atoms with E-state index in [1.165, 1.54) is 35.8 Å². The molecule has 19 heavy (non-hydrogen) atoms. The van der Waals surface area contributed by atoms with Crippen molar-refractivity contribution >= 4 is 25.7 Å². The van der Waals surface area contributed by atoms with Gasteiger partial charge >= 0.3 is 0 Å². The van der Waals surface area contributed by atoms with E-state index in [-0.39, 0.29) is 9.52 Å². The fraction of sp³-hybridized carbons (Fsp3) is 0.867. The largest absolute Gasteiger partial charge is 0.396 e. The summed E-state index contributed by atoms with van der Waals surface area (Å²) in [6, 6.07) is 7.36. The van der Waals surface area contributed by atoms with Crippen molar-refractivity contribution in [3.63, 3.8) is 0 Å². The van der Waals surface area contributed by atoms with Crippen LogP contribution in [0.5, 0.6) is 0 Å². The Balaban J connectivity index is 3.98. The van der Waals surface area contributed by atoms with Gasteiger partial charge < -0.3 is 5.11 Å². The highest BCUT2D eigenvalue weighted by Gasteiger charge is 2.26. The van der Waals surface area contributed by atoms with Crippen LogP contribution in [0.15, 0.2) is 11.3 Å². The number of aliphatic hydroxyl groups excluding tert-OH is 1. The zero-order valence-electron chi connectivity index (χ0n) is 14.2. The molecule has 0 aromatic heterocycles. The van der Waals surface area contributed by atoms with Crippen molar-refractivity contribution < 1.29 is 5.11 Å². The standard InChI is InChI=1S/C15H36OSi3/c1-15(2)14-17-9-11-19(5,6)13-12-18(3,4)10-7-8-16/h14,16H,7-13,17H2,1-6H3. The lowest BCUT2D eigenvalue weighted by Crippen LogP contribution is -2.32. The minimum Gasteiger partial charge on any atom is -0.396 e. The van der Waals surface area contributed by atoms with Gasteiger partial charge in [-0.3, -0.25) is 0 Å². The van der Waals surface area contributed by atoms with Gasteiger partial charge in [-0.15, -0.1) is 5.70 Å². The summed E-state index contributed by atoms with van der Waals surface area (Å²) < 4.78 is 0. The van der Waals surface area contributed by atoms with Gasteiger partial charge in [-0.1, -0.05) is 62.0 Å². The molecular weight excluding hydrogens is 280 g/mol. The van der Waals surface area contributed by atoms with Crippen LogP contribution in [0.2, 0.25) is 56.4 Å². The third-order valence-electron chi connectivity index (χ3n) is 4.10. The number of allylic oxidation sites excluding steroid dienone is 1. The summed E-state index contributed by atoms with van der Waals surface area (Å²) >= 11 is 0. The van der Waals surface area contributed by atoms with E-state index in [1.807, 2.05) is 0 Å². The van der Waals surface area contributed by atoms with E-state index in [4.69, 9.17) is 5.11 Å². The van der Waals surface area contributed by atoms with E-state index in [2.05, 4.69) is 45.7 Å². The van der Waals surface area contributed by atoms with Crippen LogP contribution in [0.3, 0.4) is 0 Å². The van der Waals surface area contributed by atoms with E-state index in [1.54, 1.807) is 0 Å². The van der Waals surface area contributed by atoms with Crippen LogP contribution in [0.4, 0.5) is 0 Å². The van der Waals surface area contributed by atoms with Gasteiger partial charge in [0.15, 0.2) is 0 Å². The zero-order valence-corrected chi connectivity index (χ0v) is 17.6. The number of hydrogen-bond acceptors (Lipinski definition) is 1. The van der Waals surface area contributed by atoms with E-state index < -0.39 is 16.1 Å². The van der Waals surface area contributed by atoms with Gasteiger partial charge in [-0.2, -0.15) is 0 Å². The maximum atomic E-state index is 8.98. The Hall–Kier alpha value is 0.351. The molecule has 0 rings (SSSR count). The van der Waals surface area contributed by atoms with Crippen LogP contribution in [-0.4, -0.2) is 37.4 Å². The van der Waals surface area contributed by atoms with Crippen molar-refractivity contribution in [3.05, 3.63) is 11.3 Å². The van der Waals surface area contributed by atoms with Crippen molar-refractivity contribution in [2.45, 2.75) is 76.7 Å². The van der Waals surface area contributed by atoms with Crippen molar-refractivity contribution in [3.8, 4) is 0 Å². The topological polar surface area (TPSA) is 20.2 Å². The SMILES string of the molecule is CC(C)=C[SiH2]CC[Si](C)(C)CC[Si](C)(C)CCCO. The molecule has 0 fully saturated rings. The smallest absolute Gasteiger partial charge is 0.0471 e. The van der Waals surface area contributed by atoms with Crippen LogP contribution in [0.25, 0.3) is 0 Å². The van der Waals surface area contributed by atoms with Crippen LogP contribution in [-0.2, 0) is 0 Å². The van der Waals surface area contributed by atoms with Crippen LogP contribution in [0, 0.1) is 0 Å². The van der Waals surface area contributed by atoms with Crippen LogP contribution in [0.1, 0.15) is 20.3 Å². The first kappa shape index (κ1) is 19.4. The molecule has 1 nitrogen and oxygen atoms in total. The molecule has 1 N–H and O–H groups in total. The molecule has 0 aromatic carbocycles. The van der Waals surface area contributed by atoms with Crippen LogP contribution >= 0.6 is 0 Å². The highest BCUT2D eigenvalue weighted by atomic mass is 28.3. The maximum Gasteiger partial charge on any atom is 0.0471 e. The second-order valence-electron chi connectivity index (χ2n) is 7.83. The molecule has 0 atom stereocenters. The Morgan fingerprint density at radius 3 is 1.95 bits per heavy atom. The maximum absolute atomic E-state index is 8.98. The number of aliphatic hydroxyl groups is 1. The molecule has 0 saturated heterocycles. The fourth-order valence-electron chi connectivity index (χ4n) is 2.46. The lowest BCUT2D eigenvalue weighted by Gasteiger charge is -2.28. The normalized spacial score (nSPS) is 13.2. The van der Waals surface area contributed by atoms with Gasteiger partial charge in [-0.25, -0.2) is 0 Å². The second-order valence-corrected chi connectivity index (χ2v) is 20.2. The third-order valence-corrected chi connectivity index (χ3v) is 13.8. The van der Waals surface area contributed by atoms with Crippen LogP contribution < -0.4 is 0 Å². The zero-order chi connectivity index (χ0) is 14.9. The van der Waals surface area contributed by atoms with Crippen molar-refractivity contribution in [2.24, 2.45) is 0 Å². The first-order valence-corrected chi connectivity index (χ1v) is 16.6. The molecule has 0 amide bonds. The summed E-state index contributed by atoms with van der Waals surface area (Å²) in [7, 11) is -1.90. The van der Waals surface area contributed by atoms with E-state index in [0.29, 0.717) is 6.61 Å². The summed E-state index contributed by atoms with van der Waals surface area (Å²) in [6.07, 6.45) is 1.02. The molecular formula is C15H36OSi3. The van der Waals surface area contributed by atoms with Gasteiger partial charge in [0.1, 0.15) is 0 Å². The molecule has 0 aliphatic heterocycles. The molecule has 0 heterocycles. The second kappa shape index (κ2) is 9.32. The summed E-state index contributed by atoms with van der Waals surface area (Å²) in [4.78, 5) is 0. The molecule has 0 aromatic rings. The molecule has 0 bridgehead atoms. The highest BCUT2D eigenvalue weighted by Crippen LogP contribution is 2.27. The Kier molecular flexibility index (Phi) is 9.49. The molecule has 114 valence electrons. The van der Waals surface area contributed by atoms with E-state index in [0.717, 1.165) is 6.42 Å². The lowest BCUT2D eigenvalue weighted by atomic mass is 10.4. The van der Waals surface area contributed by atoms with Crippen molar-refractivity contribution in [1.82, 2.24) is 0 Å². The van der Waals surface area contributed by atoms with E-state index >= 15 is 0 Å². The summed E-state index contributed by atoms with van der Waals surface area (Å²) in [5.74, 6) is 0. The van der Waals surface area contributed by atoms with Crippen molar-refractivity contribution in [2.75, 3.05) is 6.61 Å². The molecule has 0 unspecified atom stereocenters. The van der Waals surface area contributed by atoms with Gasteiger partial charge in [-0.05, 0) is 20.3 Å². The van der Waals surface area contributed by atoms with Gasteiger partial charge in [0.05, 0.1) is 0 Å². The lowest BCUT2D eigenvalue weighted by molar-refractivity contribution is 0.294. The van der Waals surface area contributed by atoms with Gasteiger partial charge in [0.25, 0.3) is 0 Å². The highest BCUT2D eigenvalue weighted by molar-refractivity contribution is 6.83. The molecule has 4 heteroatoms. The molecule has 0 spiro atoms. The Labute approximate surface area is 125 Å². The number of hydrogen-bond donors (Lipinski definition) is 1. The molecule has 0 aliphatic rings.